The topological polar surface area (TPSA) is 82.9 Å². The molecule has 0 saturated carbocycles. The zero-order chi connectivity index (χ0) is 19.3. The van der Waals surface area contributed by atoms with Gasteiger partial charge in [-0.05, 0) is 37.1 Å². The average molecular weight is 391 g/mol. The Kier molecular flexibility index (Phi) is 6.30. The van der Waals surface area contributed by atoms with Crippen LogP contribution in [-0.4, -0.2) is 51.2 Å². The summed E-state index contributed by atoms with van der Waals surface area (Å²) in [6, 6.07) is 13.1. The number of nitrogens with zero attached hydrogens (tertiary/aromatic N) is 2. The first-order chi connectivity index (χ1) is 12.9. The lowest BCUT2D eigenvalue weighted by Gasteiger charge is -2.33. The summed E-state index contributed by atoms with van der Waals surface area (Å²) < 4.78 is 30.8. The summed E-state index contributed by atoms with van der Waals surface area (Å²) in [5, 5.41) is 0. The lowest BCUT2D eigenvalue weighted by molar-refractivity contribution is -0.120. The Morgan fingerprint density at radius 1 is 1.19 bits per heavy atom. The summed E-state index contributed by atoms with van der Waals surface area (Å²) in [6.45, 7) is 2.04. The van der Waals surface area contributed by atoms with Gasteiger partial charge in [0, 0.05) is 24.8 Å². The van der Waals surface area contributed by atoms with Crippen LogP contribution in [0.15, 0.2) is 53.1 Å². The van der Waals surface area contributed by atoms with Gasteiger partial charge in [0.2, 0.25) is 15.9 Å². The van der Waals surface area contributed by atoms with Crippen LogP contribution in [0.1, 0.15) is 18.6 Å². The molecule has 2 heterocycles. The van der Waals surface area contributed by atoms with Crippen LogP contribution in [0.2, 0.25) is 0 Å². The van der Waals surface area contributed by atoms with Gasteiger partial charge >= 0.3 is 0 Å². The Morgan fingerprint density at radius 2 is 1.89 bits per heavy atom. The second kappa shape index (κ2) is 8.69. The van der Waals surface area contributed by atoms with Gasteiger partial charge < -0.3 is 9.32 Å². The first-order valence-electron chi connectivity index (χ1n) is 8.98. The van der Waals surface area contributed by atoms with Gasteiger partial charge in [-0.25, -0.2) is 13.1 Å². The SMILES string of the molecule is CS(=O)(=O)NC1CCN(CC(=O)N(Cc2ccco2)c2ccccc2)CC1. The highest BCUT2D eigenvalue weighted by Crippen LogP contribution is 2.19. The second-order valence-corrected chi connectivity index (χ2v) is 8.62. The largest absolute Gasteiger partial charge is 0.467 e. The molecule has 0 bridgehead atoms. The number of sulfonamides is 1. The number of likely N-dealkylation sites (tertiary alicyclic amines) is 1. The maximum absolute atomic E-state index is 13.0. The molecule has 0 radical (unpaired) electrons. The summed E-state index contributed by atoms with van der Waals surface area (Å²) >= 11 is 0. The molecule has 0 atom stereocenters. The summed E-state index contributed by atoms with van der Waals surface area (Å²) in [7, 11) is -3.20. The molecule has 1 N–H and O–H groups in total. The number of rotatable bonds is 7. The van der Waals surface area contributed by atoms with Crippen molar-refractivity contribution in [3.63, 3.8) is 0 Å². The lowest BCUT2D eigenvalue weighted by atomic mass is 10.1. The van der Waals surface area contributed by atoms with Crippen molar-refractivity contribution in [2.75, 3.05) is 30.8 Å². The third kappa shape index (κ3) is 5.92. The fourth-order valence-electron chi connectivity index (χ4n) is 3.28. The van der Waals surface area contributed by atoms with E-state index >= 15 is 0 Å². The van der Waals surface area contributed by atoms with E-state index in [-0.39, 0.29) is 11.9 Å². The normalized spacial score (nSPS) is 16.3. The number of piperidine rings is 1. The Hall–Kier alpha value is -2.16. The molecule has 27 heavy (non-hydrogen) atoms. The van der Waals surface area contributed by atoms with Gasteiger partial charge in [-0.2, -0.15) is 0 Å². The molecule has 1 amide bonds. The molecule has 1 fully saturated rings. The Morgan fingerprint density at radius 3 is 2.48 bits per heavy atom. The minimum absolute atomic E-state index is 0.00729. The standard InChI is InChI=1S/C19H25N3O4S/c1-27(24,25)20-16-9-11-21(12-10-16)15-19(23)22(14-18-8-5-13-26-18)17-6-3-2-4-7-17/h2-8,13,16,20H,9-12,14-15H2,1H3. The number of amides is 1. The molecule has 3 rings (SSSR count). The van der Waals surface area contributed by atoms with E-state index in [9.17, 15) is 13.2 Å². The third-order valence-electron chi connectivity index (χ3n) is 4.59. The van der Waals surface area contributed by atoms with E-state index in [1.165, 1.54) is 6.26 Å². The zero-order valence-corrected chi connectivity index (χ0v) is 16.2. The van der Waals surface area contributed by atoms with E-state index < -0.39 is 10.0 Å². The monoisotopic (exact) mass is 391 g/mol. The van der Waals surface area contributed by atoms with Gasteiger partial charge in [-0.1, -0.05) is 18.2 Å². The Balaban J connectivity index is 1.61. The maximum Gasteiger partial charge on any atom is 0.241 e. The van der Waals surface area contributed by atoms with E-state index in [1.807, 2.05) is 42.5 Å². The van der Waals surface area contributed by atoms with Gasteiger partial charge in [0.1, 0.15) is 5.76 Å². The van der Waals surface area contributed by atoms with E-state index in [2.05, 4.69) is 9.62 Å². The molecule has 146 valence electrons. The van der Waals surface area contributed by atoms with Gasteiger partial charge in [0.15, 0.2) is 0 Å². The number of anilines is 1. The van der Waals surface area contributed by atoms with Gasteiger partial charge in [0.05, 0.1) is 25.6 Å². The molecule has 1 aromatic carbocycles. The summed E-state index contributed by atoms with van der Waals surface area (Å²) in [5.74, 6) is 0.718. The molecule has 8 heteroatoms. The smallest absolute Gasteiger partial charge is 0.241 e. The van der Waals surface area contributed by atoms with E-state index in [1.54, 1.807) is 11.2 Å². The Bertz CT molecular complexity index is 829. The van der Waals surface area contributed by atoms with Crippen molar-refractivity contribution in [2.45, 2.75) is 25.4 Å². The van der Waals surface area contributed by atoms with Gasteiger partial charge in [-0.15, -0.1) is 0 Å². The molecule has 1 aliphatic heterocycles. The van der Waals surface area contributed by atoms with E-state index in [0.717, 1.165) is 11.4 Å². The molecule has 0 unspecified atom stereocenters. The zero-order valence-electron chi connectivity index (χ0n) is 15.4. The van der Waals surface area contributed by atoms with E-state index in [0.29, 0.717) is 39.0 Å². The molecular weight excluding hydrogens is 366 g/mol. The minimum Gasteiger partial charge on any atom is -0.467 e. The molecule has 1 aromatic heterocycles. The van der Waals surface area contributed by atoms with Crippen molar-refractivity contribution in [1.29, 1.82) is 0 Å². The molecule has 7 nitrogen and oxygen atoms in total. The maximum atomic E-state index is 13.0. The third-order valence-corrected chi connectivity index (χ3v) is 5.35. The predicted octanol–water partition coefficient (Wildman–Crippen LogP) is 1.83. The highest BCUT2D eigenvalue weighted by atomic mass is 32.2. The van der Waals surface area contributed by atoms with Crippen molar-refractivity contribution >= 4 is 21.6 Å². The van der Waals surface area contributed by atoms with Crippen LogP contribution in [0, 0.1) is 0 Å². The molecule has 1 aliphatic rings. The van der Waals surface area contributed by atoms with Crippen LogP contribution >= 0.6 is 0 Å². The molecule has 2 aromatic rings. The lowest BCUT2D eigenvalue weighted by Crippen LogP contribution is -2.47. The second-order valence-electron chi connectivity index (χ2n) is 6.84. The highest BCUT2D eigenvalue weighted by Gasteiger charge is 2.25. The van der Waals surface area contributed by atoms with Crippen molar-refractivity contribution in [3.8, 4) is 0 Å². The average Bonchev–Trinajstić information content (AvgIpc) is 3.14. The number of carbonyl (C=O) groups excluding carboxylic acids is 1. The number of nitrogens with one attached hydrogen (secondary N) is 1. The number of furan rings is 1. The summed E-state index contributed by atoms with van der Waals surface area (Å²) in [6.07, 6.45) is 4.17. The molecule has 0 aliphatic carbocycles. The van der Waals surface area contributed by atoms with E-state index in [4.69, 9.17) is 4.42 Å². The highest BCUT2D eigenvalue weighted by molar-refractivity contribution is 7.88. The minimum atomic E-state index is -3.20. The first-order valence-corrected chi connectivity index (χ1v) is 10.9. The number of para-hydroxylation sites is 1. The van der Waals surface area contributed by atoms with Crippen LogP contribution in [0.3, 0.4) is 0 Å². The molecular formula is C19H25N3O4S. The fraction of sp³-hybridized carbons (Fsp3) is 0.421. The van der Waals surface area contributed by atoms with Crippen molar-refractivity contribution in [3.05, 3.63) is 54.5 Å². The number of benzene rings is 1. The molecule has 0 spiro atoms. The van der Waals surface area contributed by atoms with Crippen LogP contribution in [0.25, 0.3) is 0 Å². The van der Waals surface area contributed by atoms with Crippen LogP contribution in [-0.2, 0) is 21.4 Å². The number of hydrogen-bond acceptors (Lipinski definition) is 5. The van der Waals surface area contributed by atoms with Crippen LogP contribution in [0.4, 0.5) is 5.69 Å². The molecule has 1 saturated heterocycles. The van der Waals surface area contributed by atoms with Crippen molar-refractivity contribution in [1.82, 2.24) is 9.62 Å². The predicted molar refractivity (Wildman–Crippen MR) is 104 cm³/mol. The van der Waals surface area contributed by atoms with Crippen molar-refractivity contribution in [2.24, 2.45) is 0 Å². The van der Waals surface area contributed by atoms with Crippen LogP contribution < -0.4 is 9.62 Å². The first kappa shape index (κ1) is 19.6. The van der Waals surface area contributed by atoms with Gasteiger partial charge in [0.25, 0.3) is 0 Å². The van der Waals surface area contributed by atoms with Crippen LogP contribution in [0.5, 0.6) is 0 Å². The number of carbonyl (C=O) groups is 1. The summed E-state index contributed by atoms with van der Waals surface area (Å²) in [4.78, 5) is 16.8. The number of hydrogen-bond donors (Lipinski definition) is 1. The Labute approximate surface area is 160 Å². The quantitative estimate of drug-likeness (QED) is 0.779. The summed E-state index contributed by atoms with van der Waals surface area (Å²) in [5.41, 5.74) is 0.826. The van der Waals surface area contributed by atoms with Gasteiger partial charge in [-0.3, -0.25) is 9.69 Å². The fourth-order valence-corrected chi connectivity index (χ4v) is 4.12. The van der Waals surface area contributed by atoms with Crippen molar-refractivity contribution < 1.29 is 17.6 Å².